The second kappa shape index (κ2) is 11.0. The van der Waals surface area contributed by atoms with Crippen LogP contribution < -0.4 is 10.6 Å². The van der Waals surface area contributed by atoms with Crippen molar-refractivity contribution < 1.29 is 4.58 Å². The van der Waals surface area contributed by atoms with Gasteiger partial charge in [0.15, 0.2) is 5.71 Å². The van der Waals surface area contributed by atoms with E-state index in [1.807, 2.05) is 0 Å². The molecule has 0 fully saturated rings. The van der Waals surface area contributed by atoms with Gasteiger partial charge in [0, 0.05) is 57.9 Å². The topological polar surface area (TPSA) is 32.3 Å². The molecule has 0 aromatic heterocycles. The summed E-state index contributed by atoms with van der Waals surface area (Å²) in [6.45, 7) is 15.7. The van der Waals surface area contributed by atoms with Crippen LogP contribution in [0.3, 0.4) is 0 Å². The number of fused-ring (bicyclic) bond motifs is 7. The Morgan fingerprint density at radius 2 is 1.29 bits per heavy atom. The first-order chi connectivity index (χ1) is 23.2. The van der Waals surface area contributed by atoms with Crippen LogP contribution in [0.5, 0.6) is 0 Å². The van der Waals surface area contributed by atoms with E-state index in [2.05, 4.69) is 172 Å². The zero-order valence-electron chi connectivity index (χ0n) is 28.9. The van der Waals surface area contributed by atoms with E-state index in [1.54, 1.807) is 0 Å². The van der Waals surface area contributed by atoms with Crippen LogP contribution in [0, 0.1) is 0 Å². The van der Waals surface area contributed by atoms with Crippen molar-refractivity contribution in [1.29, 1.82) is 0 Å². The predicted octanol–water partition coefficient (Wildman–Crippen LogP) is 10.4. The van der Waals surface area contributed by atoms with Gasteiger partial charge in [-0.3, -0.25) is 0 Å². The predicted molar refractivity (Wildman–Crippen MR) is 205 cm³/mol. The molecule has 0 unspecified atom stereocenters. The lowest BCUT2D eigenvalue weighted by molar-refractivity contribution is -0.433. The van der Waals surface area contributed by atoms with E-state index in [9.17, 15) is 0 Å². The van der Waals surface area contributed by atoms with Crippen molar-refractivity contribution in [2.24, 2.45) is 5.73 Å². The van der Waals surface area contributed by atoms with Crippen molar-refractivity contribution in [1.82, 2.24) is 0 Å². The highest BCUT2D eigenvalue weighted by Gasteiger charge is 2.45. The highest BCUT2D eigenvalue weighted by Crippen LogP contribution is 2.51. The molecule has 0 amide bonds. The molecule has 0 atom stereocenters. The van der Waals surface area contributed by atoms with Crippen molar-refractivity contribution in [3.63, 3.8) is 0 Å². The molecule has 2 heterocycles. The first kappa shape index (κ1) is 30.2. The normalized spacial score (nSPS) is 19.4. The summed E-state index contributed by atoms with van der Waals surface area (Å²) in [4.78, 5) is 2.47. The van der Waals surface area contributed by atoms with E-state index in [1.165, 1.54) is 66.6 Å². The highest BCUT2D eigenvalue weighted by molar-refractivity contribution is 6.10. The Morgan fingerprint density at radius 1 is 0.667 bits per heavy atom. The molecule has 8 rings (SSSR count). The Morgan fingerprint density at radius 3 is 1.98 bits per heavy atom. The van der Waals surface area contributed by atoms with Gasteiger partial charge in [0.25, 0.3) is 0 Å². The number of hydrogen-bond acceptors (Lipinski definition) is 2. The van der Waals surface area contributed by atoms with Crippen LogP contribution in [0.25, 0.3) is 32.7 Å². The molecule has 5 aromatic carbocycles. The molecule has 3 heteroatoms. The molecule has 2 N–H and O–H groups in total. The zero-order valence-corrected chi connectivity index (χ0v) is 28.9. The van der Waals surface area contributed by atoms with Gasteiger partial charge in [0.2, 0.25) is 5.69 Å². The van der Waals surface area contributed by atoms with Crippen LogP contribution in [-0.2, 0) is 10.8 Å². The molecular weight excluding hydrogens is 583 g/mol. The van der Waals surface area contributed by atoms with Crippen LogP contribution in [0.15, 0.2) is 133 Å². The standard InChI is InChI=1S/C45H43N3/c1-7-47-37-25-21-29-15-9-11-17-31(29)41(37)44(3,4)39(47)27-23-35-33-19-13-14-20-34(33)36(43(35)46)24-28-40-45(5,6)42-32-18-12-10-16-30(32)22-26-38(42)48(40)8-2/h9-28,46H,7-8H2,1-6H3/p+1/b35-23+,39-27+. The highest BCUT2D eigenvalue weighted by atomic mass is 15.2. The second-order valence-electron chi connectivity index (χ2n) is 14.3. The number of likely N-dealkylation sites (N-methyl/N-ethyl adjacent to an activating group) is 1. The lowest BCUT2D eigenvalue weighted by Crippen LogP contribution is -2.27. The minimum absolute atomic E-state index is 0.157. The van der Waals surface area contributed by atoms with E-state index < -0.39 is 0 Å². The van der Waals surface area contributed by atoms with Crippen LogP contribution in [0.2, 0.25) is 0 Å². The minimum Gasteiger partial charge on any atom is -0.398 e. The van der Waals surface area contributed by atoms with Gasteiger partial charge in [-0.2, -0.15) is 4.58 Å². The van der Waals surface area contributed by atoms with E-state index in [-0.39, 0.29) is 10.8 Å². The van der Waals surface area contributed by atoms with Crippen LogP contribution in [0.4, 0.5) is 11.4 Å². The van der Waals surface area contributed by atoms with Gasteiger partial charge in [0.05, 0.1) is 5.41 Å². The van der Waals surface area contributed by atoms with Crippen LogP contribution in [-0.4, -0.2) is 23.4 Å². The number of anilines is 1. The first-order valence-corrected chi connectivity index (χ1v) is 17.4. The fourth-order valence-corrected chi connectivity index (χ4v) is 8.82. The lowest BCUT2D eigenvalue weighted by Gasteiger charge is -2.26. The average molecular weight is 627 g/mol. The summed E-state index contributed by atoms with van der Waals surface area (Å²) in [6, 6.07) is 35.3. The maximum absolute atomic E-state index is 7.12. The Kier molecular flexibility index (Phi) is 6.89. The molecule has 0 radical (unpaired) electrons. The SMILES string of the molecule is CCN1/C(=C/C=C2C(N)=C(/C=C/C3=[N+](CC)c4ccc5ccccc5c4C3(C)C)c3ccccc3/2)C(C)(C)c2c1ccc1ccccc21. The number of allylic oxidation sites excluding steroid dienone is 7. The maximum atomic E-state index is 7.12. The van der Waals surface area contributed by atoms with Crippen molar-refractivity contribution >= 4 is 49.8 Å². The summed E-state index contributed by atoms with van der Waals surface area (Å²) >= 11 is 0. The Labute approximate surface area is 284 Å². The molecule has 2 aliphatic heterocycles. The molecular formula is C45H44N3+. The third kappa shape index (κ3) is 4.23. The number of nitrogens with zero attached hydrogens (tertiary/aromatic N) is 2. The third-order valence-electron chi connectivity index (χ3n) is 11.0. The fraction of sp³-hybridized carbons (Fsp3) is 0.222. The number of nitrogens with two attached hydrogens (primary N) is 1. The van der Waals surface area contributed by atoms with E-state index in [0.717, 1.165) is 29.9 Å². The fourth-order valence-electron chi connectivity index (χ4n) is 8.82. The largest absolute Gasteiger partial charge is 0.398 e. The minimum atomic E-state index is -0.157. The van der Waals surface area contributed by atoms with Crippen molar-refractivity contribution in [2.75, 3.05) is 18.0 Å². The summed E-state index contributed by atoms with van der Waals surface area (Å²) in [7, 11) is 0. The van der Waals surface area contributed by atoms with Gasteiger partial charge in [-0.1, -0.05) is 98.8 Å². The molecule has 0 spiro atoms. The molecule has 1 aliphatic carbocycles. The molecule has 0 saturated carbocycles. The molecule has 238 valence electrons. The average Bonchev–Trinajstić information content (AvgIpc) is 3.59. The third-order valence-corrected chi connectivity index (χ3v) is 11.0. The molecule has 0 bridgehead atoms. The van der Waals surface area contributed by atoms with Gasteiger partial charge in [-0.15, -0.1) is 0 Å². The monoisotopic (exact) mass is 626 g/mol. The van der Waals surface area contributed by atoms with E-state index in [4.69, 9.17) is 5.73 Å². The summed E-state index contributed by atoms with van der Waals surface area (Å²) in [5.74, 6) is 0. The number of hydrogen-bond donors (Lipinski definition) is 1. The van der Waals surface area contributed by atoms with E-state index in [0.29, 0.717) is 0 Å². The molecule has 3 aliphatic rings. The van der Waals surface area contributed by atoms with Crippen molar-refractivity contribution in [3.05, 3.63) is 155 Å². The Hall–Kier alpha value is -5.15. The lowest BCUT2D eigenvalue weighted by atomic mass is 9.79. The van der Waals surface area contributed by atoms with Gasteiger partial charge >= 0.3 is 0 Å². The van der Waals surface area contributed by atoms with Crippen LogP contribution >= 0.6 is 0 Å². The van der Waals surface area contributed by atoms with Gasteiger partial charge in [-0.05, 0) is 90.2 Å². The Balaban J connectivity index is 1.22. The second-order valence-corrected chi connectivity index (χ2v) is 14.3. The maximum Gasteiger partial charge on any atom is 0.210 e. The smallest absolute Gasteiger partial charge is 0.210 e. The zero-order chi connectivity index (χ0) is 33.4. The quantitative estimate of drug-likeness (QED) is 0.197. The summed E-state index contributed by atoms with van der Waals surface area (Å²) in [6.07, 6.45) is 9.16. The molecule has 48 heavy (non-hydrogen) atoms. The number of benzene rings is 5. The van der Waals surface area contributed by atoms with E-state index >= 15 is 0 Å². The van der Waals surface area contributed by atoms with Gasteiger partial charge in [0.1, 0.15) is 6.54 Å². The molecule has 0 saturated heterocycles. The van der Waals surface area contributed by atoms with Gasteiger partial charge < -0.3 is 10.6 Å². The Bertz CT molecular complexity index is 2320. The molecule has 3 nitrogen and oxygen atoms in total. The first-order valence-electron chi connectivity index (χ1n) is 17.4. The summed E-state index contributed by atoms with van der Waals surface area (Å²) < 4.78 is 2.47. The van der Waals surface area contributed by atoms with Crippen LogP contribution in [0.1, 0.15) is 63.8 Å². The molecule has 5 aromatic rings. The van der Waals surface area contributed by atoms with Gasteiger partial charge in [-0.25, -0.2) is 0 Å². The summed E-state index contributed by atoms with van der Waals surface area (Å²) in [5.41, 5.74) is 20.2. The van der Waals surface area contributed by atoms with Crippen molar-refractivity contribution in [2.45, 2.75) is 52.4 Å². The summed E-state index contributed by atoms with van der Waals surface area (Å²) in [5, 5.41) is 5.23. The van der Waals surface area contributed by atoms with Crippen molar-refractivity contribution in [3.8, 4) is 0 Å². The number of rotatable bonds is 5.